The second kappa shape index (κ2) is 10.4. The Bertz CT molecular complexity index is 917. The maximum Gasteiger partial charge on any atom is 0.251 e. The SMILES string of the molecule is COc1cc(C(=O)N[C@H]2CC[C@@H](Nc3nc(C)cc(N(C)C)n3)CC2)cc(OC)c1OC. The van der Waals surface area contributed by atoms with Crippen molar-refractivity contribution < 1.29 is 19.0 Å². The number of amides is 1. The van der Waals surface area contributed by atoms with E-state index in [2.05, 4.69) is 20.6 Å². The number of hydrogen-bond acceptors (Lipinski definition) is 8. The number of anilines is 2. The van der Waals surface area contributed by atoms with Gasteiger partial charge in [0.05, 0.1) is 21.3 Å². The zero-order chi connectivity index (χ0) is 23.3. The van der Waals surface area contributed by atoms with Crippen LogP contribution in [0, 0.1) is 6.92 Å². The Balaban J connectivity index is 1.59. The number of ether oxygens (including phenoxy) is 3. The number of hydrogen-bond donors (Lipinski definition) is 2. The highest BCUT2D eigenvalue weighted by Crippen LogP contribution is 2.38. The van der Waals surface area contributed by atoms with E-state index in [4.69, 9.17) is 14.2 Å². The zero-order valence-corrected chi connectivity index (χ0v) is 19.7. The fourth-order valence-corrected chi connectivity index (χ4v) is 3.89. The number of rotatable bonds is 8. The number of aryl methyl sites for hydroxylation is 1. The van der Waals surface area contributed by atoms with Crippen LogP contribution in [0.15, 0.2) is 18.2 Å². The van der Waals surface area contributed by atoms with Crippen molar-refractivity contribution in [3.63, 3.8) is 0 Å². The Labute approximate surface area is 189 Å². The van der Waals surface area contributed by atoms with Gasteiger partial charge in [-0.3, -0.25) is 4.79 Å². The summed E-state index contributed by atoms with van der Waals surface area (Å²) in [6.45, 7) is 1.97. The molecule has 0 atom stereocenters. The molecule has 2 N–H and O–H groups in total. The Morgan fingerprint density at radius 3 is 2.06 bits per heavy atom. The molecule has 32 heavy (non-hydrogen) atoms. The number of nitrogens with zero attached hydrogens (tertiary/aromatic N) is 3. The van der Waals surface area contributed by atoms with Crippen molar-refractivity contribution in [1.29, 1.82) is 0 Å². The smallest absolute Gasteiger partial charge is 0.251 e. The van der Waals surface area contributed by atoms with E-state index in [1.54, 1.807) is 12.1 Å². The van der Waals surface area contributed by atoms with Gasteiger partial charge in [0.25, 0.3) is 5.91 Å². The molecule has 0 aliphatic heterocycles. The van der Waals surface area contributed by atoms with Crippen molar-refractivity contribution in [2.45, 2.75) is 44.7 Å². The van der Waals surface area contributed by atoms with Crippen molar-refractivity contribution in [1.82, 2.24) is 15.3 Å². The highest BCUT2D eigenvalue weighted by molar-refractivity contribution is 5.95. The molecule has 0 saturated heterocycles. The van der Waals surface area contributed by atoms with Gasteiger partial charge in [0.1, 0.15) is 5.82 Å². The van der Waals surface area contributed by atoms with Crippen molar-refractivity contribution in [3.8, 4) is 17.2 Å². The molecule has 0 bridgehead atoms. The normalized spacial score (nSPS) is 17.9. The van der Waals surface area contributed by atoms with Crippen LogP contribution >= 0.6 is 0 Å². The summed E-state index contributed by atoms with van der Waals surface area (Å²) in [6, 6.07) is 5.68. The number of carbonyl (C=O) groups is 1. The van der Waals surface area contributed by atoms with Gasteiger partial charge in [-0.15, -0.1) is 0 Å². The second-order valence-corrected chi connectivity index (χ2v) is 8.17. The van der Waals surface area contributed by atoms with Crippen LogP contribution in [0.2, 0.25) is 0 Å². The van der Waals surface area contributed by atoms with Gasteiger partial charge in [-0.2, -0.15) is 4.98 Å². The Kier molecular flexibility index (Phi) is 7.61. The molecule has 2 aromatic rings. The summed E-state index contributed by atoms with van der Waals surface area (Å²) in [6.07, 6.45) is 3.60. The molecule has 9 heteroatoms. The number of carbonyl (C=O) groups excluding carboxylic acids is 1. The first-order valence-corrected chi connectivity index (χ1v) is 10.7. The number of methoxy groups -OCH3 is 3. The predicted molar refractivity (Wildman–Crippen MR) is 124 cm³/mol. The lowest BCUT2D eigenvalue weighted by Crippen LogP contribution is -2.40. The molecule has 1 aliphatic carbocycles. The molecule has 1 fully saturated rings. The van der Waals surface area contributed by atoms with Crippen LogP contribution in [0.3, 0.4) is 0 Å². The summed E-state index contributed by atoms with van der Waals surface area (Å²) in [5.41, 5.74) is 1.40. The summed E-state index contributed by atoms with van der Waals surface area (Å²) < 4.78 is 16.0. The Hall–Kier alpha value is -3.23. The monoisotopic (exact) mass is 443 g/mol. The van der Waals surface area contributed by atoms with Gasteiger partial charge in [0.2, 0.25) is 11.7 Å². The van der Waals surface area contributed by atoms with Crippen LogP contribution < -0.4 is 29.7 Å². The third-order valence-electron chi connectivity index (χ3n) is 5.62. The van der Waals surface area contributed by atoms with Crippen LogP contribution in [0.1, 0.15) is 41.7 Å². The molecule has 1 aliphatic rings. The minimum Gasteiger partial charge on any atom is -0.493 e. The Morgan fingerprint density at radius 2 is 1.53 bits per heavy atom. The van der Waals surface area contributed by atoms with Gasteiger partial charge >= 0.3 is 0 Å². The van der Waals surface area contributed by atoms with Gasteiger partial charge in [0, 0.05) is 43.5 Å². The van der Waals surface area contributed by atoms with Gasteiger partial charge in [0.15, 0.2) is 11.5 Å². The fraction of sp³-hybridized carbons (Fsp3) is 0.522. The standard InChI is InChI=1S/C23H33N5O4/c1-14-11-20(28(2)3)27-23(24-14)26-17-9-7-16(8-10-17)25-22(29)15-12-18(30-4)21(32-6)19(13-15)31-5/h11-13,16-17H,7-10H2,1-6H3,(H,25,29)(H,24,26,27)/t16-,17+. The molecule has 1 heterocycles. The predicted octanol–water partition coefficient (Wildman–Crippen LogP) is 3.03. The van der Waals surface area contributed by atoms with Crippen LogP contribution in [0.4, 0.5) is 11.8 Å². The number of benzene rings is 1. The molecular formula is C23H33N5O4. The van der Waals surface area contributed by atoms with Gasteiger partial charge in [-0.05, 0) is 44.7 Å². The third kappa shape index (κ3) is 5.52. The van der Waals surface area contributed by atoms with Gasteiger partial charge in [-0.25, -0.2) is 4.98 Å². The highest BCUT2D eigenvalue weighted by Gasteiger charge is 2.25. The molecule has 1 amide bonds. The minimum absolute atomic E-state index is 0.107. The first-order chi connectivity index (χ1) is 15.3. The Morgan fingerprint density at radius 1 is 0.938 bits per heavy atom. The summed E-state index contributed by atoms with van der Waals surface area (Å²) in [7, 11) is 8.54. The lowest BCUT2D eigenvalue weighted by atomic mass is 9.91. The van der Waals surface area contributed by atoms with Crippen molar-refractivity contribution >= 4 is 17.7 Å². The van der Waals surface area contributed by atoms with E-state index in [9.17, 15) is 4.79 Å². The van der Waals surface area contributed by atoms with E-state index in [1.165, 1.54) is 21.3 Å². The third-order valence-corrected chi connectivity index (χ3v) is 5.62. The molecular weight excluding hydrogens is 410 g/mol. The van der Waals surface area contributed by atoms with Gasteiger partial charge < -0.3 is 29.7 Å². The quantitative estimate of drug-likeness (QED) is 0.643. The molecule has 0 spiro atoms. The average molecular weight is 444 g/mol. The molecule has 1 saturated carbocycles. The number of nitrogens with one attached hydrogen (secondary N) is 2. The van der Waals surface area contributed by atoms with Crippen molar-refractivity contribution in [2.75, 3.05) is 45.6 Å². The summed E-state index contributed by atoms with van der Waals surface area (Å²) in [5.74, 6) is 2.76. The minimum atomic E-state index is -0.154. The molecule has 9 nitrogen and oxygen atoms in total. The van der Waals surface area contributed by atoms with E-state index < -0.39 is 0 Å². The zero-order valence-electron chi connectivity index (χ0n) is 19.7. The first-order valence-electron chi connectivity index (χ1n) is 10.7. The molecule has 174 valence electrons. The van der Waals surface area contributed by atoms with E-state index in [1.807, 2.05) is 32.0 Å². The summed E-state index contributed by atoms with van der Waals surface area (Å²) in [4.78, 5) is 23.9. The fourth-order valence-electron chi connectivity index (χ4n) is 3.89. The lowest BCUT2D eigenvalue weighted by Gasteiger charge is -2.30. The van der Waals surface area contributed by atoms with Crippen LogP contribution in [0.25, 0.3) is 0 Å². The molecule has 0 radical (unpaired) electrons. The molecule has 0 unspecified atom stereocenters. The topological polar surface area (TPSA) is 97.8 Å². The summed E-state index contributed by atoms with van der Waals surface area (Å²) >= 11 is 0. The highest BCUT2D eigenvalue weighted by atomic mass is 16.5. The largest absolute Gasteiger partial charge is 0.493 e. The van der Waals surface area contributed by atoms with Gasteiger partial charge in [-0.1, -0.05) is 0 Å². The van der Waals surface area contributed by atoms with E-state index >= 15 is 0 Å². The lowest BCUT2D eigenvalue weighted by molar-refractivity contribution is 0.0925. The molecule has 1 aromatic heterocycles. The van der Waals surface area contributed by atoms with Crippen LogP contribution in [-0.2, 0) is 0 Å². The van der Waals surface area contributed by atoms with E-state index in [0.717, 1.165) is 37.2 Å². The average Bonchev–Trinajstić information content (AvgIpc) is 2.78. The molecule has 3 rings (SSSR count). The first kappa shape index (κ1) is 23.4. The molecule has 1 aromatic carbocycles. The maximum atomic E-state index is 12.9. The van der Waals surface area contributed by atoms with Crippen LogP contribution in [-0.4, -0.2) is 63.4 Å². The van der Waals surface area contributed by atoms with Crippen molar-refractivity contribution in [2.24, 2.45) is 0 Å². The van der Waals surface area contributed by atoms with E-state index in [-0.39, 0.29) is 18.0 Å². The van der Waals surface area contributed by atoms with E-state index in [0.29, 0.717) is 28.8 Å². The second-order valence-electron chi connectivity index (χ2n) is 8.17. The number of aromatic nitrogens is 2. The maximum absolute atomic E-state index is 12.9. The van der Waals surface area contributed by atoms with Crippen molar-refractivity contribution in [3.05, 3.63) is 29.5 Å². The van der Waals surface area contributed by atoms with Crippen LogP contribution in [0.5, 0.6) is 17.2 Å². The summed E-state index contributed by atoms with van der Waals surface area (Å²) in [5, 5.41) is 6.59.